The zero-order chi connectivity index (χ0) is 14.4. The van der Waals surface area contributed by atoms with Gasteiger partial charge < -0.3 is 4.90 Å². The van der Waals surface area contributed by atoms with E-state index in [1.807, 2.05) is 17.9 Å². The van der Waals surface area contributed by atoms with E-state index in [1.165, 1.54) is 6.07 Å². The molecule has 3 heteroatoms. The number of carbonyl (C=O) groups excluding carboxylic acids is 1. The van der Waals surface area contributed by atoms with Crippen molar-refractivity contribution in [3.8, 4) is 0 Å². The van der Waals surface area contributed by atoms with Crippen LogP contribution in [0.1, 0.15) is 38.2 Å². The summed E-state index contributed by atoms with van der Waals surface area (Å²) in [6.45, 7) is 3.11. The van der Waals surface area contributed by atoms with E-state index in [9.17, 15) is 9.18 Å². The van der Waals surface area contributed by atoms with Gasteiger partial charge in [0, 0.05) is 24.6 Å². The third-order valence-corrected chi connectivity index (χ3v) is 3.74. The molecule has 0 aliphatic heterocycles. The quantitative estimate of drug-likeness (QED) is 0.746. The highest BCUT2D eigenvalue weighted by Gasteiger charge is 2.24. The molecule has 1 aromatic rings. The van der Waals surface area contributed by atoms with E-state index in [-0.39, 0.29) is 17.6 Å². The van der Waals surface area contributed by atoms with Crippen LogP contribution in [0.15, 0.2) is 36.4 Å². The minimum atomic E-state index is -0.232. The van der Waals surface area contributed by atoms with Crippen LogP contribution in [0.25, 0.3) is 0 Å². The second-order valence-corrected chi connectivity index (χ2v) is 5.33. The number of rotatable bonds is 5. The molecule has 0 bridgehead atoms. The van der Waals surface area contributed by atoms with Crippen LogP contribution < -0.4 is 0 Å². The van der Waals surface area contributed by atoms with Crippen molar-refractivity contribution in [3.05, 3.63) is 47.8 Å². The molecule has 0 aromatic heterocycles. The van der Waals surface area contributed by atoms with Crippen molar-refractivity contribution in [2.75, 3.05) is 6.54 Å². The molecule has 0 heterocycles. The molecule has 0 N–H and O–H groups in total. The molecule has 0 fully saturated rings. The summed E-state index contributed by atoms with van der Waals surface area (Å²) in [6, 6.07) is 6.70. The van der Waals surface area contributed by atoms with Gasteiger partial charge in [-0.05, 0) is 31.7 Å². The number of benzene rings is 1. The van der Waals surface area contributed by atoms with Gasteiger partial charge in [0.15, 0.2) is 0 Å². The molecule has 1 unspecified atom stereocenters. The van der Waals surface area contributed by atoms with Crippen LogP contribution >= 0.6 is 0 Å². The van der Waals surface area contributed by atoms with E-state index in [2.05, 4.69) is 12.2 Å². The van der Waals surface area contributed by atoms with Gasteiger partial charge >= 0.3 is 0 Å². The highest BCUT2D eigenvalue weighted by molar-refractivity contribution is 5.79. The first kappa shape index (κ1) is 14.8. The van der Waals surface area contributed by atoms with Gasteiger partial charge in [-0.2, -0.15) is 0 Å². The molecule has 0 radical (unpaired) electrons. The summed E-state index contributed by atoms with van der Waals surface area (Å²) < 4.78 is 13.7. The molecule has 2 rings (SSSR count). The average Bonchev–Trinajstić information content (AvgIpc) is 2.49. The molecule has 1 atom stereocenters. The predicted octanol–water partition coefficient (Wildman–Crippen LogP) is 3.92. The highest BCUT2D eigenvalue weighted by Crippen LogP contribution is 2.22. The second kappa shape index (κ2) is 7.22. The van der Waals surface area contributed by atoms with Crippen LogP contribution in [-0.2, 0) is 11.3 Å². The lowest BCUT2D eigenvalue weighted by atomic mass is 9.93. The second-order valence-electron chi connectivity index (χ2n) is 5.33. The third-order valence-electron chi connectivity index (χ3n) is 3.74. The van der Waals surface area contributed by atoms with Crippen LogP contribution in [0.2, 0.25) is 0 Å². The summed E-state index contributed by atoms with van der Waals surface area (Å²) in [7, 11) is 0. The maximum absolute atomic E-state index is 13.7. The molecule has 1 aliphatic carbocycles. The Morgan fingerprint density at radius 2 is 2.15 bits per heavy atom. The Labute approximate surface area is 120 Å². The van der Waals surface area contributed by atoms with Gasteiger partial charge in [0.2, 0.25) is 5.91 Å². The monoisotopic (exact) mass is 275 g/mol. The third kappa shape index (κ3) is 3.69. The number of carbonyl (C=O) groups is 1. The Morgan fingerprint density at radius 1 is 1.35 bits per heavy atom. The van der Waals surface area contributed by atoms with Gasteiger partial charge in [-0.3, -0.25) is 4.79 Å². The van der Waals surface area contributed by atoms with E-state index in [0.717, 1.165) is 25.7 Å². The standard InChI is InChI=1S/C17H22FNO/c1-2-12-19(13-15-10-6-7-11-16(15)18)17(20)14-8-4-3-5-9-14/h3-4,6-7,10-11,14H,2,5,8-9,12-13H2,1H3. The summed E-state index contributed by atoms with van der Waals surface area (Å²) >= 11 is 0. The maximum atomic E-state index is 13.7. The van der Waals surface area contributed by atoms with Gasteiger partial charge in [-0.15, -0.1) is 0 Å². The molecule has 0 saturated heterocycles. The molecule has 108 valence electrons. The summed E-state index contributed by atoms with van der Waals surface area (Å²) in [5, 5.41) is 0. The lowest BCUT2D eigenvalue weighted by Crippen LogP contribution is -2.36. The molecule has 0 saturated carbocycles. The average molecular weight is 275 g/mol. The Balaban J connectivity index is 2.08. The van der Waals surface area contributed by atoms with Crippen molar-refractivity contribution in [2.45, 2.75) is 39.2 Å². The Morgan fingerprint density at radius 3 is 2.80 bits per heavy atom. The first-order chi connectivity index (χ1) is 9.72. The highest BCUT2D eigenvalue weighted by atomic mass is 19.1. The fourth-order valence-corrected chi connectivity index (χ4v) is 2.65. The summed E-state index contributed by atoms with van der Waals surface area (Å²) in [4.78, 5) is 14.4. The predicted molar refractivity (Wildman–Crippen MR) is 78.6 cm³/mol. The number of nitrogens with zero attached hydrogens (tertiary/aromatic N) is 1. The van der Waals surface area contributed by atoms with Crippen LogP contribution in [0, 0.1) is 11.7 Å². The van der Waals surface area contributed by atoms with Gasteiger partial charge in [0.25, 0.3) is 0 Å². The first-order valence-corrected chi connectivity index (χ1v) is 7.39. The fourth-order valence-electron chi connectivity index (χ4n) is 2.65. The van der Waals surface area contributed by atoms with Crippen molar-refractivity contribution in [1.82, 2.24) is 4.90 Å². The molecule has 2 nitrogen and oxygen atoms in total. The molecule has 1 amide bonds. The zero-order valence-electron chi connectivity index (χ0n) is 12.0. The van der Waals surface area contributed by atoms with Crippen LogP contribution in [0.5, 0.6) is 0 Å². The van der Waals surface area contributed by atoms with Gasteiger partial charge in [-0.25, -0.2) is 4.39 Å². The summed E-state index contributed by atoms with van der Waals surface area (Å²) in [5.74, 6) is 0.00252. The van der Waals surface area contributed by atoms with Crippen molar-refractivity contribution in [1.29, 1.82) is 0 Å². The Bertz CT molecular complexity index is 484. The van der Waals surface area contributed by atoms with Crippen LogP contribution in [-0.4, -0.2) is 17.4 Å². The number of amides is 1. The van der Waals surface area contributed by atoms with Crippen molar-refractivity contribution < 1.29 is 9.18 Å². The number of hydrogen-bond acceptors (Lipinski definition) is 1. The molecule has 0 spiro atoms. The van der Waals surface area contributed by atoms with E-state index < -0.39 is 0 Å². The SMILES string of the molecule is CCCN(Cc1ccccc1F)C(=O)C1CC=CCC1. The van der Waals surface area contributed by atoms with E-state index in [0.29, 0.717) is 18.7 Å². The lowest BCUT2D eigenvalue weighted by molar-refractivity contribution is -0.136. The molecule has 1 aliphatic rings. The van der Waals surface area contributed by atoms with Crippen molar-refractivity contribution in [2.24, 2.45) is 5.92 Å². The molecule has 20 heavy (non-hydrogen) atoms. The number of hydrogen-bond donors (Lipinski definition) is 0. The molecule has 1 aromatic carbocycles. The van der Waals surface area contributed by atoms with Gasteiger partial charge in [0.1, 0.15) is 5.82 Å². The van der Waals surface area contributed by atoms with Crippen LogP contribution in [0.3, 0.4) is 0 Å². The van der Waals surface area contributed by atoms with Crippen molar-refractivity contribution >= 4 is 5.91 Å². The van der Waals surface area contributed by atoms with E-state index in [1.54, 1.807) is 12.1 Å². The topological polar surface area (TPSA) is 20.3 Å². The Kier molecular flexibility index (Phi) is 5.33. The largest absolute Gasteiger partial charge is 0.338 e. The Hall–Kier alpha value is -1.64. The number of halogens is 1. The molecular formula is C17H22FNO. The van der Waals surface area contributed by atoms with Crippen molar-refractivity contribution in [3.63, 3.8) is 0 Å². The number of allylic oxidation sites excluding steroid dienone is 2. The fraction of sp³-hybridized carbons (Fsp3) is 0.471. The smallest absolute Gasteiger partial charge is 0.226 e. The van der Waals surface area contributed by atoms with Gasteiger partial charge in [-0.1, -0.05) is 37.3 Å². The zero-order valence-corrected chi connectivity index (χ0v) is 12.0. The molecular weight excluding hydrogens is 253 g/mol. The maximum Gasteiger partial charge on any atom is 0.226 e. The minimum absolute atomic E-state index is 0.0679. The van der Waals surface area contributed by atoms with Gasteiger partial charge in [0.05, 0.1) is 0 Å². The van der Waals surface area contributed by atoms with E-state index in [4.69, 9.17) is 0 Å². The minimum Gasteiger partial charge on any atom is -0.338 e. The first-order valence-electron chi connectivity index (χ1n) is 7.39. The van der Waals surface area contributed by atoms with E-state index >= 15 is 0 Å². The lowest BCUT2D eigenvalue weighted by Gasteiger charge is -2.28. The normalized spacial score (nSPS) is 18.0. The summed E-state index contributed by atoms with van der Waals surface area (Å²) in [6.07, 6.45) is 7.80. The van der Waals surface area contributed by atoms with Crippen LogP contribution in [0.4, 0.5) is 4.39 Å². The summed E-state index contributed by atoms with van der Waals surface area (Å²) in [5.41, 5.74) is 0.598.